The fourth-order valence-electron chi connectivity index (χ4n) is 3.72. The summed E-state index contributed by atoms with van der Waals surface area (Å²) in [6, 6.07) is 10.3. The Labute approximate surface area is 178 Å². The lowest BCUT2D eigenvalue weighted by Crippen LogP contribution is -2.27. The fourth-order valence-corrected chi connectivity index (χ4v) is 3.72. The van der Waals surface area contributed by atoms with Crippen molar-refractivity contribution in [2.45, 2.75) is 19.4 Å². The van der Waals surface area contributed by atoms with Crippen LogP contribution in [0.5, 0.6) is 0 Å². The summed E-state index contributed by atoms with van der Waals surface area (Å²) < 4.78 is 27.5. The Kier molecular flexibility index (Phi) is 6.84. The molecule has 0 radical (unpaired) electrons. The highest BCUT2D eigenvalue weighted by molar-refractivity contribution is 5.94. The van der Waals surface area contributed by atoms with Crippen molar-refractivity contribution in [3.05, 3.63) is 81.1 Å². The van der Waals surface area contributed by atoms with E-state index in [-0.39, 0.29) is 24.5 Å². The summed E-state index contributed by atoms with van der Waals surface area (Å²) in [6.07, 6.45) is 1.85. The molecule has 2 heterocycles. The van der Waals surface area contributed by atoms with Gasteiger partial charge in [-0.3, -0.25) is 9.59 Å². The van der Waals surface area contributed by atoms with Crippen molar-refractivity contribution in [2.75, 3.05) is 13.1 Å². The van der Waals surface area contributed by atoms with Gasteiger partial charge < -0.3 is 15.6 Å². The van der Waals surface area contributed by atoms with E-state index >= 15 is 0 Å². The maximum atomic E-state index is 14.2. The van der Waals surface area contributed by atoms with E-state index in [4.69, 9.17) is 0 Å². The number of benzene rings is 2. The van der Waals surface area contributed by atoms with E-state index in [1.54, 1.807) is 24.3 Å². The lowest BCUT2D eigenvalue weighted by Gasteiger charge is -2.11. The third kappa shape index (κ3) is 4.86. The number of rotatable bonds is 5. The number of hydrogen-bond acceptors (Lipinski definition) is 3. The summed E-state index contributed by atoms with van der Waals surface area (Å²) in [7, 11) is 0. The predicted octanol–water partition coefficient (Wildman–Crippen LogP) is 3.31. The first kappa shape index (κ1) is 21.9. The molecule has 1 unspecified atom stereocenters. The van der Waals surface area contributed by atoms with Crippen LogP contribution >= 0.6 is 12.4 Å². The van der Waals surface area contributed by atoms with E-state index in [0.29, 0.717) is 22.4 Å². The molecule has 1 aliphatic rings. The molecule has 8 heteroatoms. The first-order chi connectivity index (χ1) is 14.0. The van der Waals surface area contributed by atoms with Gasteiger partial charge in [-0.15, -0.1) is 12.4 Å². The Morgan fingerprint density at radius 2 is 1.97 bits per heavy atom. The summed E-state index contributed by atoms with van der Waals surface area (Å²) in [4.78, 5) is 27.3. The zero-order valence-corrected chi connectivity index (χ0v) is 17.0. The van der Waals surface area contributed by atoms with Crippen LogP contribution in [0.3, 0.4) is 0 Å². The molecule has 3 aromatic rings. The van der Waals surface area contributed by atoms with Crippen molar-refractivity contribution in [3.8, 4) is 0 Å². The molecule has 1 fully saturated rings. The number of H-pyrrole nitrogens is 1. The average molecular weight is 434 g/mol. The Bertz CT molecular complexity index is 1130. The zero-order chi connectivity index (χ0) is 20.4. The molecule has 5 nitrogen and oxygen atoms in total. The number of pyridine rings is 1. The Balaban J connectivity index is 0.00000256. The SMILES string of the molecule is Cl.O=C(NCc1cc2ccc(F)cc2[nH]c1=O)c1cc(CC2CCNC2)ccc1F. The van der Waals surface area contributed by atoms with E-state index in [2.05, 4.69) is 15.6 Å². The van der Waals surface area contributed by atoms with E-state index < -0.39 is 23.1 Å². The second kappa shape index (κ2) is 9.36. The number of aromatic nitrogens is 1. The van der Waals surface area contributed by atoms with E-state index in [9.17, 15) is 18.4 Å². The van der Waals surface area contributed by atoms with Crippen molar-refractivity contribution in [1.82, 2.24) is 15.6 Å². The van der Waals surface area contributed by atoms with Crippen LogP contribution in [0.2, 0.25) is 0 Å². The summed E-state index contributed by atoms with van der Waals surface area (Å²) in [5, 5.41) is 6.55. The fraction of sp³-hybridized carbons (Fsp3) is 0.273. The first-order valence-electron chi connectivity index (χ1n) is 9.58. The predicted molar refractivity (Wildman–Crippen MR) is 114 cm³/mol. The molecule has 30 heavy (non-hydrogen) atoms. The van der Waals surface area contributed by atoms with E-state index in [0.717, 1.165) is 31.5 Å². The lowest BCUT2D eigenvalue weighted by atomic mass is 9.97. The highest BCUT2D eigenvalue weighted by Crippen LogP contribution is 2.18. The summed E-state index contributed by atoms with van der Waals surface area (Å²) in [6.45, 7) is 1.84. The number of amides is 1. The number of fused-ring (bicyclic) bond motifs is 1. The largest absolute Gasteiger partial charge is 0.348 e. The maximum absolute atomic E-state index is 14.2. The van der Waals surface area contributed by atoms with Gasteiger partial charge in [0.05, 0.1) is 11.1 Å². The van der Waals surface area contributed by atoms with Crippen molar-refractivity contribution >= 4 is 29.2 Å². The van der Waals surface area contributed by atoms with Crippen LogP contribution in [0.1, 0.15) is 27.9 Å². The van der Waals surface area contributed by atoms with Crippen molar-refractivity contribution in [3.63, 3.8) is 0 Å². The normalized spacial score (nSPS) is 15.7. The maximum Gasteiger partial charge on any atom is 0.254 e. The highest BCUT2D eigenvalue weighted by atomic mass is 35.5. The van der Waals surface area contributed by atoms with Crippen LogP contribution in [0.25, 0.3) is 10.9 Å². The van der Waals surface area contributed by atoms with Crippen LogP contribution in [-0.4, -0.2) is 24.0 Å². The molecule has 1 saturated heterocycles. The summed E-state index contributed by atoms with van der Waals surface area (Å²) in [5.74, 6) is -1.14. The van der Waals surface area contributed by atoms with Crippen molar-refractivity contribution in [1.29, 1.82) is 0 Å². The molecule has 1 amide bonds. The molecule has 2 aromatic carbocycles. The van der Waals surface area contributed by atoms with Crippen LogP contribution in [0, 0.1) is 17.6 Å². The molecule has 4 rings (SSSR count). The van der Waals surface area contributed by atoms with Crippen molar-refractivity contribution in [2.24, 2.45) is 5.92 Å². The van der Waals surface area contributed by atoms with Gasteiger partial charge in [0.1, 0.15) is 11.6 Å². The number of aromatic amines is 1. The smallest absolute Gasteiger partial charge is 0.254 e. The molecular weight excluding hydrogens is 412 g/mol. The topological polar surface area (TPSA) is 74.0 Å². The number of nitrogens with one attached hydrogen (secondary N) is 3. The van der Waals surface area contributed by atoms with Gasteiger partial charge in [0.25, 0.3) is 11.5 Å². The van der Waals surface area contributed by atoms with Crippen LogP contribution in [0.15, 0.2) is 47.3 Å². The Morgan fingerprint density at radius 3 is 2.73 bits per heavy atom. The van der Waals surface area contributed by atoms with Gasteiger partial charge in [0, 0.05) is 12.1 Å². The number of carbonyl (C=O) groups is 1. The molecule has 158 valence electrons. The second-order valence-electron chi connectivity index (χ2n) is 7.42. The Morgan fingerprint density at radius 1 is 1.13 bits per heavy atom. The van der Waals surface area contributed by atoms with Gasteiger partial charge in [0.15, 0.2) is 0 Å². The van der Waals surface area contributed by atoms with Gasteiger partial charge in [-0.2, -0.15) is 0 Å². The van der Waals surface area contributed by atoms with Crippen molar-refractivity contribution < 1.29 is 13.6 Å². The number of hydrogen-bond donors (Lipinski definition) is 3. The molecule has 1 atom stereocenters. The molecule has 0 aliphatic carbocycles. The molecular formula is C22H22ClF2N3O2. The first-order valence-corrected chi connectivity index (χ1v) is 9.58. The quantitative estimate of drug-likeness (QED) is 0.578. The average Bonchev–Trinajstić information content (AvgIpc) is 3.20. The standard InChI is InChI=1S/C22H21F2N3O2.ClH/c23-17-3-2-15-9-16(21(28)27-20(15)10-17)12-26-22(29)18-8-13(1-4-19(18)24)7-14-5-6-25-11-14;/h1-4,8-10,14,25H,5-7,11-12H2,(H,26,29)(H,27,28);1H. The monoisotopic (exact) mass is 433 g/mol. The van der Waals surface area contributed by atoms with Crippen LogP contribution in [-0.2, 0) is 13.0 Å². The number of halogens is 3. The molecule has 0 spiro atoms. The minimum atomic E-state index is -0.598. The van der Waals surface area contributed by atoms with E-state index in [1.807, 2.05) is 0 Å². The molecule has 0 saturated carbocycles. The number of carbonyl (C=O) groups excluding carboxylic acids is 1. The third-order valence-electron chi connectivity index (χ3n) is 5.29. The molecule has 3 N–H and O–H groups in total. The van der Waals surface area contributed by atoms with Crippen LogP contribution < -0.4 is 16.2 Å². The minimum Gasteiger partial charge on any atom is -0.348 e. The lowest BCUT2D eigenvalue weighted by molar-refractivity contribution is 0.0946. The molecule has 0 bridgehead atoms. The van der Waals surface area contributed by atoms with E-state index in [1.165, 1.54) is 18.2 Å². The third-order valence-corrected chi connectivity index (χ3v) is 5.29. The Hall–Kier alpha value is -2.77. The second-order valence-corrected chi connectivity index (χ2v) is 7.42. The van der Waals surface area contributed by atoms with Gasteiger partial charge >= 0.3 is 0 Å². The van der Waals surface area contributed by atoms with Gasteiger partial charge in [-0.05, 0) is 79.2 Å². The molecule has 1 aromatic heterocycles. The van der Waals surface area contributed by atoms with Gasteiger partial charge in [-0.1, -0.05) is 6.07 Å². The molecule has 1 aliphatic heterocycles. The van der Waals surface area contributed by atoms with Gasteiger partial charge in [-0.25, -0.2) is 8.78 Å². The van der Waals surface area contributed by atoms with Crippen LogP contribution in [0.4, 0.5) is 8.78 Å². The summed E-state index contributed by atoms with van der Waals surface area (Å²) >= 11 is 0. The minimum absolute atomic E-state index is 0. The highest BCUT2D eigenvalue weighted by Gasteiger charge is 2.18. The van der Waals surface area contributed by atoms with Gasteiger partial charge in [0.2, 0.25) is 0 Å². The zero-order valence-electron chi connectivity index (χ0n) is 16.1. The summed E-state index contributed by atoms with van der Waals surface area (Å²) in [5.41, 5.74) is 1.14.